The summed E-state index contributed by atoms with van der Waals surface area (Å²) in [6.45, 7) is 6.39. The highest BCUT2D eigenvalue weighted by Crippen LogP contribution is 2.26. The van der Waals surface area contributed by atoms with E-state index in [4.69, 9.17) is 0 Å². The topological polar surface area (TPSA) is 20.3 Å². The second-order valence-electron chi connectivity index (χ2n) is 4.96. The lowest BCUT2D eigenvalue weighted by Gasteiger charge is -2.33. The number of nitrogens with zero attached hydrogens (tertiary/aromatic N) is 1. The molecular weight excluding hydrogens is 210 g/mol. The summed E-state index contributed by atoms with van der Waals surface area (Å²) in [4.78, 5) is 14.3. The van der Waals surface area contributed by atoms with Crippen LogP contribution in [0.3, 0.4) is 0 Å². The SMILES string of the molecule is CCC(=O)c1ccccc1N1CCC(C)CC1. The molecule has 1 saturated heterocycles. The summed E-state index contributed by atoms with van der Waals surface area (Å²) in [7, 11) is 0. The van der Waals surface area contributed by atoms with Gasteiger partial charge in [-0.15, -0.1) is 0 Å². The third kappa shape index (κ3) is 2.68. The third-order valence-corrected chi connectivity index (χ3v) is 3.65. The van der Waals surface area contributed by atoms with Crippen LogP contribution in [0.4, 0.5) is 5.69 Å². The predicted octanol–water partition coefficient (Wildman–Crippen LogP) is 3.52. The zero-order valence-electron chi connectivity index (χ0n) is 10.8. The Morgan fingerprint density at radius 1 is 1.29 bits per heavy atom. The fraction of sp³-hybridized carbons (Fsp3) is 0.533. The van der Waals surface area contributed by atoms with Crippen molar-refractivity contribution in [3.63, 3.8) is 0 Å². The molecule has 2 heteroatoms. The van der Waals surface area contributed by atoms with Gasteiger partial charge in [0.1, 0.15) is 0 Å². The zero-order valence-corrected chi connectivity index (χ0v) is 10.8. The first-order valence-corrected chi connectivity index (χ1v) is 6.59. The van der Waals surface area contributed by atoms with Gasteiger partial charge in [-0.05, 0) is 30.9 Å². The molecule has 1 heterocycles. The number of rotatable bonds is 3. The van der Waals surface area contributed by atoms with Gasteiger partial charge in [-0.2, -0.15) is 0 Å². The molecule has 0 aromatic heterocycles. The Bertz CT molecular complexity index is 392. The van der Waals surface area contributed by atoms with Crippen LogP contribution >= 0.6 is 0 Å². The molecule has 1 aromatic carbocycles. The summed E-state index contributed by atoms with van der Waals surface area (Å²) in [6.07, 6.45) is 3.05. The van der Waals surface area contributed by atoms with Gasteiger partial charge in [-0.1, -0.05) is 26.0 Å². The molecule has 0 bridgehead atoms. The van der Waals surface area contributed by atoms with Crippen molar-refractivity contribution in [1.82, 2.24) is 0 Å². The standard InChI is InChI=1S/C15H21NO/c1-3-15(17)13-6-4-5-7-14(13)16-10-8-12(2)9-11-16/h4-7,12H,3,8-11H2,1-2H3. The number of hydrogen-bond acceptors (Lipinski definition) is 2. The van der Waals surface area contributed by atoms with Crippen LogP contribution in [0.25, 0.3) is 0 Å². The maximum atomic E-state index is 11.9. The predicted molar refractivity (Wildman–Crippen MR) is 71.7 cm³/mol. The number of carbonyl (C=O) groups excluding carboxylic acids is 1. The largest absolute Gasteiger partial charge is 0.371 e. The number of carbonyl (C=O) groups is 1. The first kappa shape index (κ1) is 12.2. The summed E-state index contributed by atoms with van der Waals surface area (Å²) < 4.78 is 0. The molecule has 0 amide bonds. The van der Waals surface area contributed by atoms with Gasteiger partial charge in [0.05, 0.1) is 0 Å². The van der Waals surface area contributed by atoms with Gasteiger partial charge >= 0.3 is 0 Å². The molecule has 0 N–H and O–H groups in total. The van der Waals surface area contributed by atoms with Gasteiger partial charge in [0.2, 0.25) is 0 Å². The van der Waals surface area contributed by atoms with Gasteiger partial charge in [0.25, 0.3) is 0 Å². The molecule has 0 unspecified atom stereocenters. The van der Waals surface area contributed by atoms with Crippen LogP contribution in [0.15, 0.2) is 24.3 Å². The van der Waals surface area contributed by atoms with Crippen molar-refractivity contribution in [1.29, 1.82) is 0 Å². The van der Waals surface area contributed by atoms with E-state index in [1.807, 2.05) is 25.1 Å². The minimum absolute atomic E-state index is 0.249. The van der Waals surface area contributed by atoms with Gasteiger partial charge in [0.15, 0.2) is 5.78 Å². The Hall–Kier alpha value is -1.31. The van der Waals surface area contributed by atoms with Crippen molar-refractivity contribution < 1.29 is 4.79 Å². The van der Waals surface area contributed by atoms with Crippen molar-refractivity contribution >= 4 is 11.5 Å². The Morgan fingerprint density at radius 2 is 1.94 bits per heavy atom. The molecule has 2 rings (SSSR count). The van der Waals surface area contributed by atoms with Crippen LogP contribution in [0.1, 0.15) is 43.5 Å². The van der Waals surface area contributed by atoms with Crippen molar-refractivity contribution in [2.45, 2.75) is 33.1 Å². The molecule has 0 atom stereocenters. The van der Waals surface area contributed by atoms with E-state index in [1.165, 1.54) is 12.8 Å². The van der Waals surface area contributed by atoms with Gasteiger partial charge in [-0.25, -0.2) is 0 Å². The van der Waals surface area contributed by atoms with E-state index in [2.05, 4.69) is 17.9 Å². The molecule has 1 fully saturated rings. The lowest BCUT2D eigenvalue weighted by molar-refractivity contribution is 0.0988. The summed E-state index contributed by atoms with van der Waals surface area (Å²) in [5.74, 6) is 1.07. The average Bonchev–Trinajstić information content (AvgIpc) is 2.39. The number of para-hydroxylation sites is 1. The first-order chi connectivity index (χ1) is 8.22. The minimum atomic E-state index is 0.249. The molecule has 0 radical (unpaired) electrons. The summed E-state index contributed by atoms with van der Waals surface area (Å²) >= 11 is 0. The Balaban J connectivity index is 2.23. The fourth-order valence-corrected chi connectivity index (χ4v) is 2.43. The number of ketones is 1. The number of anilines is 1. The number of piperidine rings is 1. The molecule has 0 spiro atoms. The van der Waals surface area contributed by atoms with Crippen LogP contribution in [0.5, 0.6) is 0 Å². The Morgan fingerprint density at radius 3 is 2.59 bits per heavy atom. The lowest BCUT2D eigenvalue weighted by Crippen LogP contribution is -2.33. The summed E-state index contributed by atoms with van der Waals surface area (Å²) in [6, 6.07) is 8.02. The molecule has 0 aliphatic carbocycles. The molecule has 1 aromatic rings. The van der Waals surface area contributed by atoms with E-state index in [0.29, 0.717) is 6.42 Å². The second kappa shape index (κ2) is 5.35. The second-order valence-corrected chi connectivity index (χ2v) is 4.96. The highest BCUT2D eigenvalue weighted by atomic mass is 16.1. The van der Waals surface area contributed by atoms with E-state index in [0.717, 1.165) is 30.3 Å². The Kier molecular flexibility index (Phi) is 3.82. The number of Topliss-reactive ketones (excluding diaryl/α,β-unsaturated/α-hetero) is 1. The average molecular weight is 231 g/mol. The van der Waals surface area contributed by atoms with E-state index < -0.39 is 0 Å². The smallest absolute Gasteiger partial charge is 0.164 e. The third-order valence-electron chi connectivity index (χ3n) is 3.65. The van der Waals surface area contributed by atoms with E-state index >= 15 is 0 Å². The van der Waals surface area contributed by atoms with Crippen LogP contribution in [0, 0.1) is 5.92 Å². The molecule has 1 aliphatic rings. The highest BCUT2D eigenvalue weighted by Gasteiger charge is 2.19. The van der Waals surface area contributed by atoms with Gasteiger partial charge in [0, 0.05) is 30.8 Å². The molecule has 17 heavy (non-hydrogen) atoms. The summed E-state index contributed by atoms with van der Waals surface area (Å²) in [5.41, 5.74) is 2.02. The Labute approximate surface area is 104 Å². The molecular formula is C15H21NO. The highest BCUT2D eigenvalue weighted by molar-refractivity contribution is 6.01. The normalized spacial score (nSPS) is 17.2. The fourth-order valence-electron chi connectivity index (χ4n) is 2.43. The van der Waals surface area contributed by atoms with Crippen molar-refractivity contribution in [3.05, 3.63) is 29.8 Å². The molecule has 92 valence electrons. The van der Waals surface area contributed by atoms with E-state index in [9.17, 15) is 4.79 Å². The van der Waals surface area contributed by atoms with E-state index in [1.54, 1.807) is 0 Å². The monoisotopic (exact) mass is 231 g/mol. The quantitative estimate of drug-likeness (QED) is 0.742. The van der Waals surface area contributed by atoms with E-state index in [-0.39, 0.29) is 5.78 Å². The van der Waals surface area contributed by atoms with Crippen molar-refractivity contribution in [2.75, 3.05) is 18.0 Å². The molecule has 0 saturated carbocycles. The van der Waals surface area contributed by atoms with Crippen LogP contribution in [0.2, 0.25) is 0 Å². The molecule has 2 nitrogen and oxygen atoms in total. The zero-order chi connectivity index (χ0) is 12.3. The van der Waals surface area contributed by atoms with Crippen molar-refractivity contribution in [3.8, 4) is 0 Å². The minimum Gasteiger partial charge on any atom is -0.371 e. The maximum absolute atomic E-state index is 11.9. The van der Waals surface area contributed by atoms with Crippen LogP contribution in [-0.4, -0.2) is 18.9 Å². The van der Waals surface area contributed by atoms with Gasteiger partial charge in [-0.3, -0.25) is 4.79 Å². The summed E-state index contributed by atoms with van der Waals surface area (Å²) in [5, 5.41) is 0. The number of benzene rings is 1. The molecule has 1 aliphatic heterocycles. The lowest BCUT2D eigenvalue weighted by atomic mass is 9.97. The van der Waals surface area contributed by atoms with Crippen LogP contribution in [-0.2, 0) is 0 Å². The number of hydrogen-bond donors (Lipinski definition) is 0. The first-order valence-electron chi connectivity index (χ1n) is 6.59. The maximum Gasteiger partial charge on any atom is 0.164 e. The van der Waals surface area contributed by atoms with Gasteiger partial charge < -0.3 is 4.90 Å². The van der Waals surface area contributed by atoms with Crippen LogP contribution < -0.4 is 4.90 Å². The van der Waals surface area contributed by atoms with Crippen molar-refractivity contribution in [2.24, 2.45) is 5.92 Å².